The maximum atomic E-state index is 12.6. The Morgan fingerprint density at radius 3 is 1.15 bits per heavy atom. The van der Waals surface area contributed by atoms with E-state index in [9.17, 15) is 4.79 Å². The largest absolute Gasteiger partial charge is 0.338 e. The average molecular weight is 373 g/mol. The number of hydrogen-bond donors (Lipinski definition) is 2. The first-order valence-corrected chi connectivity index (χ1v) is 9.67. The number of carbonyl (C=O) groups is 1. The molecular formula is C19H40N4O3+2. The second kappa shape index (κ2) is 6.62. The lowest BCUT2D eigenvalue weighted by atomic mass is 9.78. The third-order valence-corrected chi connectivity index (χ3v) is 6.08. The Labute approximate surface area is 158 Å². The lowest BCUT2D eigenvalue weighted by Crippen LogP contribution is -2.65. The molecule has 2 rings (SSSR count). The second-order valence-electron chi connectivity index (χ2n) is 10.7. The van der Waals surface area contributed by atoms with Crippen molar-refractivity contribution in [3.8, 4) is 0 Å². The van der Waals surface area contributed by atoms with E-state index in [4.69, 9.17) is 10.4 Å². The molecule has 152 valence electrons. The number of nitrogens with zero attached hydrogens (tertiary/aromatic N) is 2. The third kappa shape index (κ3) is 4.32. The first-order chi connectivity index (χ1) is 11.6. The SMILES string of the molecule is CC1(C)CC(NC(=O)NC2CC(C)(C)N([OH2+])C(C)(C)C2)CC(C)(C)N1[OH2+]. The Bertz CT molecular complexity index is 463. The fraction of sp³-hybridized carbons (Fsp3) is 0.947. The van der Waals surface area contributed by atoms with Crippen LogP contribution in [0, 0.1) is 0 Å². The van der Waals surface area contributed by atoms with Crippen molar-refractivity contribution in [2.75, 3.05) is 0 Å². The standard InChI is InChI=1S/C19H38N4O3/c1-16(2)9-13(10-17(3,4)22(16)25)20-15(24)21-14-11-18(5,6)23(26)19(7,8)12-14/h13-14,25-26H,9-12H2,1-8H3,(H2,20,21,24)/p+2. The quantitative estimate of drug-likeness (QED) is 0.721. The highest BCUT2D eigenvalue weighted by atomic mass is 16.5. The summed E-state index contributed by atoms with van der Waals surface area (Å²) in [5.41, 5.74) is -1.11. The van der Waals surface area contributed by atoms with Gasteiger partial charge >= 0.3 is 6.03 Å². The minimum Gasteiger partial charge on any atom is -0.338 e. The molecule has 7 heteroatoms. The number of amides is 2. The van der Waals surface area contributed by atoms with Crippen LogP contribution in [0.3, 0.4) is 0 Å². The Morgan fingerprint density at radius 1 is 0.692 bits per heavy atom. The molecule has 2 aliphatic rings. The number of piperidine rings is 2. The molecule has 0 saturated carbocycles. The van der Waals surface area contributed by atoms with Gasteiger partial charge in [-0.05, 0) is 81.1 Å². The van der Waals surface area contributed by atoms with Crippen LogP contribution in [0.1, 0.15) is 81.1 Å². The van der Waals surface area contributed by atoms with Crippen LogP contribution in [-0.4, -0.2) is 60.8 Å². The minimum atomic E-state index is -0.278. The van der Waals surface area contributed by atoms with E-state index in [0.717, 1.165) is 25.7 Å². The zero-order valence-electron chi connectivity index (χ0n) is 17.8. The van der Waals surface area contributed by atoms with E-state index in [1.165, 1.54) is 0 Å². The van der Waals surface area contributed by atoms with Gasteiger partial charge in [-0.3, -0.25) is 0 Å². The number of rotatable bonds is 2. The van der Waals surface area contributed by atoms with Gasteiger partial charge in [0.2, 0.25) is 0 Å². The lowest BCUT2D eigenvalue weighted by molar-refractivity contribution is -0.246. The summed E-state index contributed by atoms with van der Waals surface area (Å²) in [7, 11) is 0. The molecule has 6 N–H and O–H groups in total. The van der Waals surface area contributed by atoms with Crippen LogP contribution >= 0.6 is 0 Å². The molecule has 0 atom stereocenters. The van der Waals surface area contributed by atoms with Gasteiger partial charge in [-0.1, -0.05) is 10.1 Å². The predicted octanol–water partition coefficient (Wildman–Crippen LogP) is 1.61. The number of hydroxylamine groups is 4. The summed E-state index contributed by atoms with van der Waals surface area (Å²) in [5.74, 6) is 0. The first-order valence-electron chi connectivity index (χ1n) is 9.67. The fourth-order valence-electron chi connectivity index (χ4n) is 5.18. The Hall–Kier alpha value is -0.890. The van der Waals surface area contributed by atoms with Crippen molar-refractivity contribution in [3.05, 3.63) is 0 Å². The second-order valence-corrected chi connectivity index (χ2v) is 10.7. The number of hydrogen-bond acceptors (Lipinski definition) is 3. The molecule has 7 nitrogen and oxygen atoms in total. The maximum Gasteiger partial charge on any atom is 0.315 e. The molecule has 0 aliphatic carbocycles. The van der Waals surface area contributed by atoms with E-state index in [1.54, 1.807) is 10.1 Å². The zero-order valence-corrected chi connectivity index (χ0v) is 17.8. The van der Waals surface area contributed by atoms with Crippen molar-refractivity contribution >= 4 is 6.03 Å². The Balaban J connectivity index is 1.99. The first kappa shape index (κ1) is 21.4. The highest BCUT2D eigenvalue weighted by Gasteiger charge is 2.50. The van der Waals surface area contributed by atoms with Gasteiger partial charge in [-0.2, -0.15) is 0 Å². The number of urea groups is 1. The Morgan fingerprint density at radius 2 is 0.923 bits per heavy atom. The van der Waals surface area contributed by atoms with E-state index in [0.29, 0.717) is 0 Å². The van der Waals surface area contributed by atoms with Crippen molar-refractivity contribution < 1.29 is 15.2 Å². The normalized spacial score (nSPS) is 29.3. The Kier molecular flexibility index (Phi) is 5.45. The molecule has 26 heavy (non-hydrogen) atoms. The molecule has 0 aromatic carbocycles. The topological polar surface area (TPSA) is 93.4 Å². The molecule has 0 spiro atoms. The van der Waals surface area contributed by atoms with Crippen LogP contribution in [0.4, 0.5) is 4.79 Å². The lowest BCUT2D eigenvalue weighted by Gasteiger charge is -2.49. The van der Waals surface area contributed by atoms with Gasteiger partial charge in [0.1, 0.15) is 0 Å². The summed E-state index contributed by atoms with van der Waals surface area (Å²) >= 11 is 0. The van der Waals surface area contributed by atoms with E-state index in [1.807, 2.05) is 0 Å². The van der Waals surface area contributed by atoms with E-state index in [2.05, 4.69) is 66.0 Å². The van der Waals surface area contributed by atoms with E-state index in [-0.39, 0.29) is 40.3 Å². The summed E-state index contributed by atoms with van der Waals surface area (Å²) in [5, 5.41) is 26.3. The molecule has 0 radical (unpaired) electrons. The monoisotopic (exact) mass is 372 g/mol. The molecule has 2 saturated heterocycles. The zero-order chi connectivity index (χ0) is 20.1. The number of nitrogens with one attached hydrogen (secondary N) is 2. The van der Waals surface area contributed by atoms with Crippen molar-refractivity contribution in [3.63, 3.8) is 0 Å². The van der Waals surface area contributed by atoms with Crippen LogP contribution in [-0.2, 0) is 0 Å². The smallest absolute Gasteiger partial charge is 0.315 e. The van der Waals surface area contributed by atoms with Crippen molar-refractivity contribution in [2.45, 2.75) is 115 Å². The minimum absolute atomic E-state index is 0.0545. The van der Waals surface area contributed by atoms with Gasteiger partial charge in [-0.25, -0.2) is 4.79 Å². The third-order valence-electron chi connectivity index (χ3n) is 6.08. The van der Waals surface area contributed by atoms with Crippen molar-refractivity contribution in [1.29, 1.82) is 0 Å². The summed E-state index contributed by atoms with van der Waals surface area (Å²) in [6.07, 6.45) is 3.04. The molecule has 0 unspecified atom stereocenters. The molecule has 0 bridgehead atoms. The maximum absolute atomic E-state index is 12.6. The highest BCUT2D eigenvalue weighted by molar-refractivity contribution is 5.74. The van der Waals surface area contributed by atoms with Gasteiger partial charge in [0.25, 0.3) is 0 Å². The van der Waals surface area contributed by atoms with Crippen LogP contribution < -0.4 is 10.6 Å². The molecule has 0 aromatic rings. The summed E-state index contributed by atoms with van der Waals surface area (Å²) in [4.78, 5) is 12.6. The van der Waals surface area contributed by atoms with Crippen LogP contribution in [0.15, 0.2) is 0 Å². The molecule has 2 amide bonds. The van der Waals surface area contributed by atoms with E-state index < -0.39 is 0 Å². The molecular weight excluding hydrogens is 332 g/mol. The predicted molar refractivity (Wildman–Crippen MR) is 105 cm³/mol. The molecule has 2 fully saturated rings. The van der Waals surface area contributed by atoms with E-state index >= 15 is 0 Å². The average Bonchev–Trinajstić information content (AvgIpc) is 2.40. The van der Waals surface area contributed by atoms with Crippen LogP contribution in [0.2, 0.25) is 0 Å². The molecule has 2 heterocycles. The van der Waals surface area contributed by atoms with Gasteiger partial charge < -0.3 is 21.0 Å². The number of carbonyl (C=O) groups excluding carboxylic acids is 1. The van der Waals surface area contributed by atoms with Crippen molar-refractivity contribution in [1.82, 2.24) is 20.8 Å². The molecule has 0 aromatic heterocycles. The summed E-state index contributed by atoms with van der Waals surface area (Å²) < 4.78 is 0. The van der Waals surface area contributed by atoms with Gasteiger partial charge in [0, 0.05) is 12.1 Å². The van der Waals surface area contributed by atoms with Gasteiger partial charge in [0.15, 0.2) is 0 Å². The van der Waals surface area contributed by atoms with Crippen LogP contribution in [0.5, 0.6) is 0 Å². The summed E-state index contributed by atoms with van der Waals surface area (Å²) in [6, 6.07) is -0.0205. The fourth-order valence-corrected chi connectivity index (χ4v) is 5.18. The van der Waals surface area contributed by atoms with Gasteiger partial charge in [-0.15, -0.1) is 0 Å². The van der Waals surface area contributed by atoms with Crippen molar-refractivity contribution in [2.24, 2.45) is 0 Å². The van der Waals surface area contributed by atoms with Gasteiger partial charge in [0.05, 0.1) is 22.2 Å². The van der Waals surface area contributed by atoms with Crippen LogP contribution in [0.25, 0.3) is 0 Å². The molecule has 2 aliphatic heterocycles. The summed E-state index contributed by atoms with van der Waals surface area (Å²) in [6.45, 7) is 16.5. The highest BCUT2D eigenvalue weighted by Crippen LogP contribution is 2.38.